The van der Waals surface area contributed by atoms with Crippen molar-refractivity contribution in [3.63, 3.8) is 0 Å². The van der Waals surface area contributed by atoms with Gasteiger partial charge in [-0.2, -0.15) is 0 Å². The first-order valence-corrected chi connectivity index (χ1v) is 8.81. The van der Waals surface area contributed by atoms with Gasteiger partial charge in [-0.25, -0.2) is 0 Å². The van der Waals surface area contributed by atoms with E-state index in [9.17, 15) is 4.79 Å². The minimum atomic E-state index is 0.285. The zero-order valence-electron chi connectivity index (χ0n) is 11.1. The molecule has 1 aromatic heterocycles. The Balaban J connectivity index is 1.69. The maximum Gasteiger partial charge on any atom is 0.222 e. The van der Waals surface area contributed by atoms with Crippen LogP contribution in [0.2, 0.25) is 0 Å². The van der Waals surface area contributed by atoms with Crippen molar-refractivity contribution in [3.8, 4) is 0 Å². The lowest BCUT2D eigenvalue weighted by Gasteiger charge is -2.34. The maximum absolute atomic E-state index is 11.5. The highest BCUT2D eigenvalue weighted by Crippen LogP contribution is 2.36. The lowest BCUT2D eigenvalue weighted by molar-refractivity contribution is -0.132. The number of likely N-dealkylation sites (tertiary alicyclic amines) is 1. The fourth-order valence-electron chi connectivity index (χ4n) is 3.13. The van der Waals surface area contributed by atoms with Gasteiger partial charge in [0.15, 0.2) is 0 Å². The van der Waals surface area contributed by atoms with Gasteiger partial charge in [0.2, 0.25) is 5.91 Å². The summed E-state index contributed by atoms with van der Waals surface area (Å²) in [6.07, 6.45) is 5.42. The molecule has 0 bridgehead atoms. The van der Waals surface area contributed by atoms with E-state index >= 15 is 0 Å². The van der Waals surface area contributed by atoms with Crippen LogP contribution in [0.4, 0.5) is 0 Å². The first-order chi connectivity index (χ1) is 9.13. The van der Waals surface area contributed by atoms with Crippen molar-refractivity contribution in [2.24, 2.45) is 0 Å². The number of likely N-dealkylation sites (N-methyl/N-ethyl adjacent to an activating group) is 1. The van der Waals surface area contributed by atoms with E-state index in [1.54, 1.807) is 4.88 Å². The molecule has 2 aliphatic rings. The molecule has 0 aromatic carbocycles. The molecule has 0 saturated carbocycles. The van der Waals surface area contributed by atoms with Crippen molar-refractivity contribution in [2.75, 3.05) is 13.6 Å². The average molecular weight is 390 g/mol. The van der Waals surface area contributed by atoms with Crippen LogP contribution < -0.4 is 5.32 Å². The summed E-state index contributed by atoms with van der Waals surface area (Å²) in [6, 6.07) is 3.29. The number of nitrogens with one attached hydrogen (secondary N) is 1. The molecule has 3 nitrogen and oxygen atoms in total. The van der Waals surface area contributed by atoms with Crippen molar-refractivity contribution < 1.29 is 4.79 Å². The summed E-state index contributed by atoms with van der Waals surface area (Å²) in [4.78, 5) is 15.0. The Bertz CT molecular complexity index is 488. The fourth-order valence-corrected chi connectivity index (χ4v) is 5.25. The van der Waals surface area contributed by atoms with Crippen LogP contribution in [-0.2, 0) is 11.2 Å². The van der Waals surface area contributed by atoms with E-state index in [1.165, 1.54) is 27.7 Å². The lowest BCUT2D eigenvalue weighted by Crippen LogP contribution is -2.47. The molecular formula is C14H19IN2OS. The smallest absolute Gasteiger partial charge is 0.222 e. The molecule has 1 saturated heterocycles. The molecule has 5 heteroatoms. The second kappa shape index (κ2) is 5.69. The van der Waals surface area contributed by atoms with Crippen molar-refractivity contribution in [1.29, 1.82) is 0 Å². The Morgan fingerprint density at radius 1 is 1.42 bits per heavy atom. The van der Waals surface area contributed by atoms with Gasteiger partial charge in [-0.1, -0.05) is 0 Å². The predicted octanol–water partition coefficient (Wildman–Crippen LogP) is 2.94. The Morgan fingerprint density at radius 3 is 3.05 bits per heavy atom. The fraction of sp³-hybridized carbons (Fsp3) is 0.643. The normalized spacial score (nSPS) is 27.5. The Kier molecular flexibility index (Phi) is 4.14. The summed E-state index contributed by atoms with van der Waals surface area (Å²) in [7, 11) is 1.91. The number of nitrogens with zero attached hydrogens (tertiary/aromatic N) is 1. The van der Waals surface area contributed by atoms with E-state index in [2.05, 4.69) is 34.0 Å². The summed E-state index contributed by atoms with van der Waals surface area (Å²) in [5.41, 5.74) is 1.51. The van der Waals surface area contributed by atoms with E-state index in [0.29, 0.717) is 18.5 Å². The highest BCUT2D eigenvalue weighted by Gasteiger charge is 2.28. The summed E-state index contributed by atoms with van der Waals surface area (Å²) in [5.74, 6) is 0.285. The monoisotopic (exact) mass is 390 g/mol. The van der Waals surface area contributed by atoms with Crippen LogP contribution in [0.3, 0.4) is 0 Å². The minimum Gasteiger partial charge on any atom is -0.344 e. The average Bonchev–Trinajstić information content (AvgIpc) is 2.75. The molecule has 0 radical (unpaired) electrons. The number of hydrogen-bond acceptors (Lipinski definition) is 3. The van der Waals surface area contributed by atoms with Crippen molar-refractivity contribution in [1.82, 2.24) is 10.2 Å². The highest BCUT2D eigenvalue weighted by atomic mass is 127. The molecule has 1 N–H and O–H groups in total. The number of thiophene rings is 1. The number of halogens is 1. The SMILES string of the molecule is CN1CC(NC2CCCc3sc(I)cc32)CCC1=O. The Morgan fingerprint density at radius 2 is 2.26 bits per heavy atom. The van der Waals surface area contributed by atoms with E-state index in [0.717, 1.165) is 13.0 Å². The number of fused-ring (bicyclic) bond motifs is 1. The molecule has 1 aromatic rings. The number of carbonyl (C=O) groups excluding carboxylic acids is 1. The number of piperidine rings is 1. The van der Waals surface area contributed by atoms with Gasteiger partial charge in [-0.3, -0.25) is 4.79 Å². The molecule has 104 valence electrons. The molecule has 1 aliphatic heterocycles. The van der Waals surface area contributed by atoms with Gasteiger partial charge in [0.1, 0.15) is 0 Å². The number of hydrogen-bond donors (Lipinski definition) is 1. The molecular weight excluding hydrogens is 371 g/mol. The molecule has 3 rings (SSSR count). The largest absolute Gasteiger partial charge is 0.344 e. The number of rotatable bonds is 2. The van der Waals surface area contributed by atoms with Crippen LogP contribution in [0.1, 0.15) is 42.2 Å². The van der Waals surface area contributed by atoms with Crippen LogP contribution in [0.15, 0.2) is 6.07 Å². The number of amides is 1. The lowest BCUT2D eigenvalue weighted by atomic mass is 9.92. The molecule has 2 atom stereocenters. The summed E-state index contributed by atoms with van der Waals surface area (Å²) in [5, 5.41) is 3.79. The van der Waals surface area contributed by atoms with Gasteiger partial charge in [0.25, 0.3) is 0 Å². The van der Waals surface area contributed by atoms with E-state index < -0.39 is 0 Å². The number of carbonyl (C=O) groups is 1. The maximum atomic E-state index is 11.5. The van der Waals surface area contributed by atoms with Crippen LogP contribution in [0, 0.1) is 2.88 Å². The van der Waals surface area contributed by atoms with E-state index in [1.807, 2.05) is 23.3 Å². The third-order valence-corrected chi connectivity index (χ3v) is 6.12. The third-order valence-electron chi connectivity index (χ3n) is 4.15. The van der Waals surface area contributed by atoms with Gasteiger partial charge < -0.3 is 10.2 Å². The van der Waals surface area contributed by atoms with Crippen LogP contribution in [0.5, 0.6) is 0 Å². The molecule has 19 heavy (non-hydrogen) atoms. The number of aryl methyl sites for hydroxylation is 1. The van der Waals surface area contributed by atoms with E-state index in [4.69, 9.17) is 0 Å². The van der Waals surface area contributed by atoms with Crippen molar-refractivity contribution in [2.45, 2.75) is 44.2 Å². The van der Waals surface area contributed by atoms with Crippen molar-refractivity contribution >= 4 is 39.8 Å². The second-order valence-electron chi connectivity index (χ2n) is 5.55. The molecule has 2 heterocycles. The van der Waals surface area contributed by atoms with Gasteiger partial charge in [0, 0.05) is 37.0 Å². The zero-order chi connectivity index (χ0) is 13.4. The molecule has 1 amide bonds. The van der Waals surface area contributed by atoms with Crippen LogP contribution in [-0.4, -0.2) is 30.4 Å². The van der Waals surface area contributed by atoms with Gasteiger partial charge in [0.05, 0.1) is 2.88 Å². The van der Waals surface area contributed by atoms with Crippen LogP contribution in [0.25, 0.3) is 0 Å². The zero-order valence-corrected chi connectivity index (χ0v) is 14.1. The summed E-state index contributed by atoms with van der Waals surface area (Å²) >= 11 is 4.36. The molecule has 1 fully saturated rings. The van der Waals surface area contributed by atoms with E-state index in [-0.39, 0.29) is 5.91 Å². The summed E-state index contributed by atoms with van der Waals surface area (Å²) in [6.45, 7) is 0.853. The predicted molar refractivity (Wildman–Crippen MR) is 86.5 cm³/mol. The second-order valence-corrected chi connectivity index (χ2v) is 8.58. The first-order valence-electron chi connectivity index (χ1n) is 6.91. The van der Waals surface area contributed by atoms with Gasteiger partial charge in [-0.15, -0.1) is 11.3 Å². The quantitative estimate of drug-likeness (QED) is 0.788. The Hall–Kier alpha value is -0.140. The third kappa shape index (κ3) is 2.97. The molecule has 2 unspecified atom stereocenters. The topological polar surface area (TPSA) is 32.3 Å². The van der Waals surface area contributed by atoms with Gasteiger partial charge >= 0.3 is 0 Å². The Labute approximate surface area is 131 Å². The van der Waals surface area contributed by atoms with Crippen molar-refractivity contribution in [3.05, 3.63) is 19.4 Å². The molecule has 0 spiro atoms. The summed E-state index contributed by atoms with van der Waals surface area (Å²) < 4.78 is 1.40. The van der Waals surface area contributed by atoms with Gasteiger partial charge in [-0.05, 0) is 59.9 Å². The van der Waals surface area contributed by atoms with Crippen LogP contribution >= 0.6 is 33.9 Å². The standard InChI is InChI=1S/C14H19IN2OS/c1-17-8-9(5-6-14(17)18)16-11-3-2-4-12-10(11)7-13(15)19-12/h7,9,11,16H,2-6,8H2,1H3. The molecule has 1 aliphatic carbocycles. The first kappa shape index (κ1) is 13.8. The highest BCUT2D eigenvalue weighted by molar-refractivity contribution is 14.1. The minimum absolute atomic E-state index is 0.285.